The molecule has 38 heavy (non-hydrogen) atoms. The Morgan fingerprint density at radius 1 is 1.00 bits per heavy atom. The van der Waals surface area contributed by atoms with Gasteiger partial charge in [0.15, 0.2) is 11.3 Å². The lowest BCUT2D eigenvalue weighted by molar-refractivity contribution is -0.0269. The lowest BCUT2D eigenvalue weighted by Gasteiger charge is -2.34. The molecule has 0 bridgehead atoms. The van der Waals surface area contributed by atoms with Crippen LogP contribution in [-0.4, -0.2) is 64.4 Å². The highest BCUT2D eigenvalue weighted by Gasteiger charge is 2.24. The molecule has 198 valence electrons. The Morgan fingerprint density at radius 2 is 1.68 bits per heavy atom. The number of aromatic nitrogens is 3. The molecule has 4 aromatic rings. The average Bonchev–Trinajstić information content (AvgIpc) is 3.40. The summed E-state index contributed by atoms with van der Waals surface area (Å²) in [6.07, 6.45) is 4.90. The summed E-state index contributed by atoms with van der Waals surface area (Å²) in [7, 11) is 0. The molecule has 0 radical (unpaired) electrons. The predicted octanol–water partition coefficient (Wildman–Crippen LogP) is 4.98. The van der Waals surface area contributed by atoms with Crippen molar-refractivity contribution < 1.29 is 14.3 Å². The van der Waals surface area contributed by atoms with Gasteiger partial charge in [0.2, 0.25) is 0 Å². The molecule has 0 unspecified atom stereocenters. The summed E-state index contributed by atoms with van der Waals surface area (Å²) in [5.74, 6) is 0.322. The van der Waals surface area contributed by atoms with E-state index in [-0.39, 0.29) is 17.9 Å². The zero-order valence-corrected chi connectivity index (χ0v) is 21.8. The second-order valence-electron chi connectivity index (χ2n) is 9.53. The highest BCUT2D eigenvalue weighted by Crippen LogP contribution is 2.30. The van der Waals surface area contributed by atoms with Gasteiger partial charge in [0.1, 0.15) is 11.9 Å². The molecular weight excluding hydrogens is 478 g/mol. The van der Waals surface area contributed by atoms with Crippen LogP contribution >= 0.6 is 0 Å². The molecule has 1 saturated heterocycles. The molecular formula is C30H35N5O3. The number of esters is 1. The Labute approximate surface area is 223 Å². The molecule has 0 aliphatic carbocycles. The van der Waals surface area contributed by atoms with Crippen LogP contribution in [0.1, 0.15) is 53.9 Å². The van der Waals surface area contributed by atoms with Gasteiger partial charge in [-0.25, -0.2) is 14.3 Å². The van der Waals surface area contributed by atoms with E-state index in [1.54, 1.807) is 17.6 Å². The average molecular weight is 514 g/mol. The van der Waals surface area contributed by atoms with Crippen molar-refractivity contribution in [3.8, 4) is 0 Å². The minimum absolute atomic E-state index is 0.0353. The molecule has 0 spiro atoms. The van der Waals surface area contributed by atoms with E-state index in [1.165, 1.54) is 11.1 Å². The first-order chi connectivity index (χ1) is 18.7. The lowest BCUT2D eigenvalue weighted by Crippen LogP contribution is -2.38. The van der Waals surface area contributed by atoms with Gasteiger partial charge < -0.3 is 19.7 Å². The van der Waals surface area contributed by atoms with Gasteiger partial charge >= 0.3 is 5.97 Å². The van der Waals surface area contributed by atoms with Crippen LogP contribution < -0.4 is 5.32 Å². The molecule has 1 aliphatic rings. The van der Waals surface area contributed by atoms with Crippen LogP contribution in [0.5, 0.6) is 0 Å². The minimum Gasteiger partial charge on any atom is -0.461 e. The Balaban J connectivity index is 1.07. The van der Waals surface area contributed by atoms with E-state index in [0.29, 0.717) is 12.3 Å². The van der Waals surface area contributed by atoms with E-state index < -0.39 is 5.97 Å². The first kappa shape index (κ1) is 25.9. The molecule has 1 N–H and O–H groups in total. The van der Waals surface area contributed by atoms with Crippen molar-refractivity contribution in [2.75, 3.05) is 38.1 Å². The maximum Gasteiger partial charge on any atom is 0.358 e. The van der Waals surface area contributed by atoms with Crippen LogP contribution in [0.3, 0.4) is 0 Å². The first-order valence-corrected chi connectivity index (χ1v) is 13.4. The molecule has 3 heterocycles. The fourth-order valence-corrected chi connectivity index (χ4v) is 4.87. The number of carbonyl (C=O) groups excluding carboxylic acids is 1. The van der Waals surface area contributed by atoms with Gasteiger partial charge in [-0.05, 0) is 56.0 Å². The third-order valence-corrected chi connectivity index (χ3v) is 6.83. The van der Waals surface area contributed by atoms with Gasteiger partial charge in [0, 0.05) is 19.6 Å². The van der Waals surface area contributed by atoms with Gasteiger partial charge in [0.05, 0.1) is 18.9 Å². The van der Waals surface area contributed by atoms with Gasteiger partial charge in [-0.3, -0.25) is 0 Å². The number of benzene rings is 2. The number of ether oxygens (including phenoxy) is 2. The van der Waals surface area contributed by atoms with Crippen LogP contribution in [0.2, 0.25) is 0 Å². The zero-order valence-electron chi connectivity index (χ0n) is 21.8. The summed E-state index contributed by atoms with van der Waals surface area (Å²) in [4.78, 5) is 18.7. The van der Waals surface area contributed by atoms with Gasteiger partial charge in [-0.2, -0.15) is 0 Å². The highest BCUT2D eigenvalue weighted by atomic mass is 16.5. The molecule has 2 aromatic heterocycles. The predicted molar refractivity (Wildman–Crippen MR) is 147 cm³/mol. The van der Waals surface area contributed by atoms with E-state index in [9.17, 15) is 4.79 Å². The number of anilines is 1. The third-order valence-electron chi connectivity index (χ3n) is 6.83. The number of hydrogen-bond acceptors (Lipinski definition) is 7. The second kappa shape index (κ2) is 12.7. The van der Waals surface area contributed by atoms with E-state index in [1.807, 2.05) is 24.3 Å². The molecule has 1 fully saturated rings. The number of nitrogens with zero attached hydrogens (tertiary/aromatic N) is 4. The molecule has 8 heteroatoms. The largest absolute Gasteiger partial charge is 0.461 e. The van der Waals surface area contributed by atoms with Crippen LogP contribution in [0.4, 0.5) is 5.82 Å². The van der Waals surface area contributed by atoms with Crippen molar-refractivity contribution in [1.29, 1.82) is 0 Å². The summed E-state index contributed by atoms with van der Waals surface area (Å²) in [5.41, 5.74) is 3.28. The number of fused-ring (bicyclic) bond motifs is 1. The molecule has 0 saturated carbocycles. The van der Waals surface area contributed by atoms with Crippen molar-refractivity contribution in [2.24, 2.45) is 0 Å². The third kappa shape index (κ3) is 6.57. The summed E-state index contributed by atoms with van der Waals surface area (Å²) >= 11 is 0. The highest BCUT2D eigenvalue weighted by molar-refractivity contribution is 5.87. The van der Waals surface area contributed by atoms with E-state index in [4.69, 9.17) is 9.47 Å². The van der Waals surface area contributed by atoms with Crippen molar-refractivity contribution in [3.05, 3.63) is 95.8 Å². The van der Waals surface area contributed by atoms with Gasteiger partial charge in [0.25, 0.3) is 0 Å². The fraction of sp³-hybridized carbons (Fsp3) is 0.367. The van der Waals surface area contributed by atoms with Crippen LogP contribution in [0.15, 0.2) is 79.0 Å². The molecule has 2 aromatic carbocycles. The number of nitrogens with one attached hydrogen (secondary N) is 1. The molecule has 0 amide bonds. The molecule has 1 aliphatic heterocycles. The number of carbonyl (C=O) groups is 1. The van der Waals surface area contributed by atoms with Crippen LogP contribution in [0.25, 0.3) is 5.65 Å². The Morgan fingerprint density at radius 3 is 2.34 bits per heavy atom. The molecule has 5 rings (SSSR count). The van der Waals surface area contributed by atoms with Crippen LogP contribution in [-0.2, 0) is 9.47 Å². The standard InChI is InChI=1S/C30H35N5O3/c1-2-37-30(36)26-22-35-28(32-26)15-14-27(33-35)31-18-9-19-34-20-16-25(17-21-34)38-29(23-10-5-3-6-11-23)24-12-7-4-8-13-24/h3-8,10-15,22,25,29H,2,9,16-21H2,1H3,(H,31,33). The summed E-state index contributed by atoms with van der Waals surface area (Å²) in [5, 5.41) is 7.90. The Kier molecular flexibility index (Phi) is 8.63. The quantitative estimate of drug-likeness (QED) is 0.224. The molecule has 0 atom stereocenters. The van der Waals surface area contributed by atoms with E-state index in [0.717, 1.165) is 51.3 Å². The number of hydrogen-bond donors (Lipinski definition) is 1. The zero-order chi connectivity index (χ0) is 26.2. The summed E-state index contributed by atoms with van der Waals surface area (Å²) < 4.78 is 13.3. The van der Waals surface area contributed by atoms with Gasteiger partial charge in [-0.1, -0.05) is 60.7 Å². The van der Waals surface area contributed by atoms with Crippen molar-refractivity contribution in [2.45, 2.75) is 38.4 Å². The maximum absolute atomic E-state index is 11.9. The summed E-state index contributed by atoms with van der Waals surface area (Å²) in [6, 6.07) is 24.7. The Hall–Kier alpha value is -3.75. The van der Waals surface area contributed by atoms with Crippen molar-refractivity contribution >= 4 is 17.4 Å². The number of rotatable bonds is 11. The maximum atomic E-state index is 11.9. The van der Waals surface area contributed by atoms with E-state index in [2.05, 4.69) is 68.8 Å². The smallest absolute Gasteiger partial charge is 0.358 e. The van der Waals surface area contributed by atoms with Crippen LogP contribution in [0, 0.1) is 0 Å². The van der Waals surface area contributed by atoms with Crippen molar-refractivity contribution in [1.82, 2.24) is 19.5 Å². The Bertz CT molecular complexity index is 1260. The second-order valence-corrected chi connectivity index (χ2v) is 9.53. The monoisotopic (exact) mass is 513 g/mol. The van der Waals surface area contributed by atoms with Crippen molar-refractivity contribution in [3.63, 3.8) is 0 Å². The summed E-state index contributed by atoms with van der Waals surface area (Å²) in [6.45, 7) is 6.02. The first-order valence-electron chi connectivity index (χ1n) is 13.4. The van der Waals surface area contributed by atoms with E-state index >= 15 is 0 Å². The van der Waals surface area contributed by atoms with Gasteiger partial charge in [-0.15, -0.1) is 5.10 Å². The fourth-order valence-electron chi connectivity index (χ4n) is 4.87. The number of piperidine rings is 1. The topological polar surface area (TPSA) is 81.0 Å². The SMILES string of the molecule is CCOC(=O)c1cn2nc(NCCCN3CCC(OC(c4ccccc4)c4ccccc4)CC3)ccc2n1. The lowest BCUT2D eigenvalue weighted by atomic mass is 10.00. The molecule has 8 nitrogen and oxygen atoms in total. The normalized spacial score (nSPS) is 14.7. The minimum atomic E-state index is -0.433. The number of likely N-dealkylation sites (tertiary alicyclic amines) is 1. The number of imidazole rings is 1.